The largest absolute Gasteiger partial charge is 0.364 e. The first-order valence-electron chi connectivity index (χ1n) is 4.23. The Morgan fingerprint density at radius 2 is 2.46 bits per heavy atom. The first kappa shape index (κ1) is 8.25. The fourth-order valence-electron chi connectivity index (χ4n) is 1.21. The summed E-state index contributed by atoms with van der Waals surface area (Å²) in [6, 6.07) is 1.53. The predicted molar refractivity (Wildman–Crippen MR) is 42.7 cm³/mol. The molecule has 0 saturated carbocycles. The number of carbonyl (C=O) groups is 1. The zero-order valence-corrected chi connectivity index (χ0v) is 7.10. The second-order valence-corrected chi connectivity index (χ2v) is 2.83. The molecule has 0 bridgehead atoms. The summed E-state index contributed by atoms with van der Waals surface area (Å²) in [6.07, 6.45) is 3.35. The van der Waals surface area contributed by atoms with E-state index in [9.17, 15) is 4.79 Å². The normalized spacial score (nSPS) is 17.4. The number of carbonyl (C=O) groups excluding carboxylic acids is 1. The molecular formula is C8H10N2O3. The number of hydrogen-bond donors (Lipinski definition) is 0. The van der Waals surface area contributed by atoms with Crippen LogP contribution in [0.1, 0.15) is 23.3 Å². The third kappa shape index (κ3) is 1.70. The highest BCUT2D eigenvalue weighted by molar-refractivity contribution is 5.91. The van der Waals surface area contributed by atoms with Gasteiger partial charge >= 0.3 is 0 Å². The van der Waals surface area contributed by atoms with E-state index in [4.69, 9.17) is 4.84 Å². The van der Waals surface area contributed by atoms with Crippen LogP contribution in [0.4, 0.5) is 0 Å². The van der Waals surface area contributed by atoms with Gasteiger partial charge in [-0.1, -0.05) is 5.16 Å². The zero-order valence-electron chi connectivity index (χ0n) is 7.10. The van der Waals surface area contributed by atoms with Gasteiger partial charge in [0.15, 0.2) is 5.69 Å². The summed E-state index contributed by atoms with van der Waals surface area (Å²) in [7, 11) is 0. The Morgan fingerprint density at radius 1 is 1.54 bits per heavy atom. The number of amides is 1. The molecule has 0 aromatic carbocycles. The molecule has 0 radical (unpaired) electrons. The van der Waals surface area contributed by atoms with E-state index in [0.29, 0.717) is 18.8 Å². The molecule has 1 saturated heterocycles. The fraction of sp³-hybridized carbons (Fsp3) is 0.500. The fourth-order valence-corrected chi connectivity index (χ4v) is 1.21. The molecule has 0 spiro atoms. The molecule has 13 heavy (non-hydrogen) atoms. The molecular weight excluding hydrogens is 172 g/mol. The average Bonchev–Trinajstić information content (AvgIpc) is 2.71. The SMILES string of the molecule is O=C(c1ccon1)N1CCCCO1. The van der Waals surface area contributed by atoms with Crippen LogP contribution in [0.5, 0.6) is 0 Å². The molecule has 0 aliphatic carbocycles. The Hall–Kier alpha value is -1.36. The van der Waals surface area contributed by atoms with Crippen LogP contribution in [0, 0.1) is 0 Å². The van der Waals surface area contributed by atoms with Gasteiger partial charge in [0.05, 0.1) is 6.61 Å². The van der Waals surface area contributed by atoms with Gasteiger partial charge in [0, 0.05) is 12.6 Å². The quantitative estimate of drug-likeness (QED) is 0.645. The van der Waals surface area contributed by atoms with Crippen LogP contribution in [0.25, 0.3) is 0 Å². The molecule has 2 heterocycles. The van der Waals surface area contributed by atoms with Gasteiger partial charge in [-0.2, -0.15) is 0 Å². The van der Waals surface area contributed by atoms with Crippen LogP contribution in [0.15, 0.2) is 16.9 Å². The van der Waals surface area contributed by atoms with Crippen molar-refractivity contribution in [2.24, 2.45) is 0 Å². The number of nitrogens with zero attached hydrogens (tertiary/aromatic N) is 2. The van der Waals surface area contributed by atoms with Gasteiger partial charge in [-0.3, -0.25) is 9.63 Å². The third-order valence-electron chi connectivity index (χ3n) is 1.89. The molecule has 1 aliphatic heterocycles. The maximum atomic E-state index is 11.5. The average molecular weight is 182 g/mol. The summed E-state index contributed by atoms with van der Waals surface area (Å²) >= 11 is 0. The number of hydroxylamine groups is 2. The van der Waals surface area contributed by atoms with Crippen LogP contribution >= 0.6 is 0 Å². The zero-order chi connectivity index (χ0) is 9.10. The van der Waals surface area contributed by atoms with Crippen LogP contribution in [-0.2, 0) is 4.84 Å². The van der Waals surface area contributed by atoms with E-state index >= 15 is 0 Å². The second kappa shape index (κ2) is 3.57. The van der Waals surface area contributed by atoms with E-state index < -0.39 is 0 Å². The molecule has 1 aromatic rings. The van der Waals surface area contributed by atoms with E-state index in [1.165, 1.54) is 17.4 Å². The van der Waals surface area contributed by atoms with Gasteiger partial charge in [-0.25, -0.2) is 5.06 Å². The smallest absolute Gasteiger partial charge is 0.299 e. The minimum atomic E-state index is -0.228. The van der Waals surface area contributed by atoms with Gasteiger partial charge in [0.25, 0.3) is 5.91 Å². The second-order valence-electron chi connectivity index (χ2n) is 2.83. The number of aromatic nitrogens is 1. The lowest BCUT2D eigenvalue weighted by Crippen LogP contribution is -2.35. The van der Waals surface area contributed by atoms with E-state index in [2.05, 4.69) is 9.68 Å². The van der Waals surface area contributed by atoms with Crippen LogP contribution in [0.3, 0.4) is 0 Å². The summed E-state index contributed by atoms with van der Waals surface area (Å²) in [5.74, 6) is -0.228. The Labute approximate surface area is 75.2 Å². The van der Waals surface area contributed by atoms with Crippen LogP contribution in [0.2, 0.25) is 0 Å². The highest BCUT2D eigenvalue weighted by atomic mass is 16.7. The Balaban J connectivity index is 2.04. The van der Waals surface area contributed by atoms with Crippen molar-refractivity contribution in [1.29, 1.82) is 0 Å². The van der Waals surface area contributed by atoms with Crippen molar-refractivity contribution in [2.45, 2.75) is 12.8 Å². The lowest BCUT2D eigenvalue weighted by Gasteiger charge is -2.24. The lowest BCUT2D eigenvalue weighted by molar-refractivity contribution is -0.144. The molecule has 5 heteroatoms. The van der Waals surface area contributed by atoms with Crippen molar-refractivity contribution in [3.8, 4) is 0 Å². The highest BCUT2D eigenvalue weighted by Crippen LogP contribution is 2.09. The van der Waals surface area contributed by atoms with E-state index in [1.54, 1.807) is 0 Å². The van der Waals surface area contributed by atoms with Gasteiger partial charge in [0.2, 0.25) is 0 Å². The highest BCUT2D eigenvalue weighted by Gasteiger charge is 2.21. The molecule has 70 valence electrons. The van der Waals surface area contributed by atoms with Crippen LogP contribution in [-0.4, -0.2) is 29.3 Å². The van der Waals surface area contributed by atoms with E-state index in [-0.39, 0.29) is 5.91 Å². The summed E-state index contributed by atoms with van der Waals surface area (Å²) in [4.78, 5) is 16.7. The summed E-state index contributed by atoms with van der Waals surface area (Å²) in [6.45, 7) is 1.23. The van der Waals surface area contributed by atoms with Gasteiger partial charge in [0.1, 0.15) is 6.26 Å². The molecule has 5 nitrogen and oxygen atoms in total. The molecule has 0 atom stereocenters. The van der Waals surface area contributed by atoms with Crippen molar-refractivity contribution in [3.05, 3.63) is 18.0 Å². The summed E-state index contributed by atoms with van der Waals surface area (Å²) in [5, 5.41) is 4.88. The lowest BCUT2D eigenvalue weighted by atomic mass is 10.3. The molecule has 1 aromatic heterocycles. The summed E-state index contributed by atoms with van der Waals surface area (Å²) < 4.78 is 4.57. The Bertz CT molecular complexity index is 278. The minimum Gasteiger partial charge on any atom is -0.364 e. The van der Waals surface area contributed by atoms with E-state index in [0.717, 1.165) is 12.8 Å². The van der Waals surface area contributed by atoms with Gasteiger partial charge in [-0.15, -0.1) is 0 Å². The van der Waals surface area contributed by atoms with Gasteiger partial charge < -0.3 is 4.52 Å². The molecule has 0 N–H and O–H groups in total. The van der Waals surface area contributed by atoms with Crippen molar-refractivity contribution in [2.75, 3.05) is 13.2 Å². The molecule has 2 rings (SSSR count). The first-order valence-corrected chi connectivity index (χ1v) is 4.23. The number of hydrogen-bond acceptors (Lipinski definition) is 4. The molecule has 0 unspecified atom stereocenters. The van der Waals surface area contributed by atoms with Crippen LogP contribution < -0.4 is 0 Å². The minimum absolute atomic E-state index is 0.228. The monoisotopic (exact) mass is 182 g/mol. The predicted octanol–water partition coefficient (Wildman–Crippen LogP) is 0.842. The van der Waals surface area contributed by atoms with Crippen molar-refractivity contribution in [1.82, 2.24) is 10.2 Å². The Kier molecular flexibility index (Phi) is 2.27. The van der Waals surface area contributed by atoms with Crippen molar-refractivity contribution >= 4 is 5.91 Å². The summed E-state index contributed by atoms with van der Waals surface area (Å²) in [5.41, 5.74) is 0.293. The maximum absolute atomic E-state index is 11.5. The third-order valence-corrected chi connectivity index (χ3v) is 1.89. The van der Waals surface area contributed by atoms with Crippen molar-refractivity contribution in [3.63, 3.8) is 0 Å². The Morgan fingerprint density at radius 3 is 3.08 bits per heavy atom. The topological polar surface area (TPSA) is 55.6 Å². The van der Waals surface area contributed by atoms with E-state index in [1.807, 2.05) is 0 Å². The molecule has 1 aliphatic rings. The standard InChI is InChI=1S/C8H10N2O3/c11-8(7-3-6-12-9-7)10-4-1-2-5-13-10/h3,6H,1-2,4-5H2. The first-order chi connectivity index (χ1) is 6.38. The van der Waals surface area contributed by atoms with Crippen molar-refractivity contribution < 1.29 is 14.2 Å². The number of rotatable bonds is 1. The molecule has 1 fully saturated rings. The maximum Gasteiger partial charge on any atom is 0.299 e. The van der Waals surface area contributed by atoms with Gasteiger partial charge in [-0.05, 0) is 12.8 Å². The molecule has 1 amide bonds.